The zero-order chi connectivity index (χ0) is 21.4. The number of hydrogen-bond donors (Lipinski definition) is 1. The molecule has 0 spiro atoms. The summed E-state index contributed by atoms with van der Waals surface area (Å²) in [6, 6.07) is 20.9. The molecule has 7 heteroatoms. The van der Waals surface area contributed by atoms with Gasteiger partial charge in [0.05, 0.1) is 11.0 Å². The van der Waals surface area contributed by atoms with Crippen molar-refractivity contribution in [2.75, 3.05) is 5.32 Å². The number of nitrogens with zero attached hydrogens (tertiary/aromatic N) is 4. The minimum absolute atomic E-state index is 0.0557. The number of aryl methyl sites for hydroxylation is 1. The Kier molecular flexibility index (Phi) is 4.63. The highest BCUT2D eigenvalue weighted by Crippen LogP contribution is 2.24. The molecule has 5 aromatic rings. The van der Waals surface area contributed by atoms with Crippen LogP contribution in [0.3, 0.4) is 0 Å². The molecule has 0 aliphatic heterocycles. The summed E-state index contributed by atoms with van der Waals surface area (Å²) in [7, 11) is 0. The molecule has 6 nitrogen and oxygen atoms in total. The van der Waals surface area contributed by atoms with Crippen molar-refractivity contribution in [1.29, 1.82) is 0 Å². The van der Waals surface area contributed by atoms with Gasteiger partial charge in [0.25, 0.3) is 0 Å². The van der Waals surface area contributed by atoms with Gasteiger partial charge in [0.1, 0.15) is 11.6 Å². The summed E-state index contributed by atoms with van der Waals surface area (Å²) >= 11 is 0. The van der Waals surface area contributed by atoms with Gasteiger partial charge in [0.2, 0.25) is 5.65 Å². The quantitative estimate of drug-likeness (QED) is 0.429. The van der Waals surface area contributed by atoms with Gasteiger partial charge in [-0.25, -0.2) is 9.37 Å². The largest absolute Gasteiger partial charge is 0.363 e. The number of nitrogens with one attached hydrogen (secondary N) is 1. The van der Waals surface area contributed by atoms with E-state index in [0.717, 1.165) is 11.1 Å². The number of halogens is 1. The highest BCUT2D eigenvalue weighted by molar-refractivity contribution is 6.10. The van der Waals surface area contributed by atoms with Crippen LogP contribution in [0.15, 0.2) is 72.8 Å². The van der Waals surface area contributed by atoms with Crippen LogP contribution < -0.4 is 5.32 Å². The van der Waals surface area contributed by atoms with E-state index in [4.69, 9.17) is 4.98 Å². The molecule has 0 saturated carbocycles. The van der Waals surface area contributed by atoms with Crippen LogP contribution in [0.2, 0.25) is 0 Å². The summed E-state index contributed by atoms with van der Waals surface area (Å²) in [5.74, 6) is 0.930. The monoisotopic (exact) mass is 411 g/mol. The topological polar surface area (TPSA) is 72.2 Å². The van der Waals surface area contributed by atoms with Gasteiger partial charge in [0.15, 0.2) is 11.6 Å². The molecule has 31 heavy (non-hydrogen) atoms. The molecule has 0 amide bonds. The predicted octanol–water partition coefficient (Wildman–Crippen LogP) is 4.57. The van der Waals surface area contributed by atoms with Gasteiger partial charge in [-0.05, 0) is 42.8 Å². The average Bonchev–Trinajstić information content (AvgIpc) is 3.20. The summed E-state index contributed by atoms with van der Waals surface area (Å²) in [6.45, 7) is 2.32. The minimum Gasteiger partial charge on any atom is -0.363 e. The first kappa shape index (κ1) is 18.9. The maximum atomic E-state index is 13.2. The predicted molar refractivity (Wildman–Crippen MR) is 117 cm³/mol. The van der Waals surface area contributed by atoms with Crippen molar-refractivity contribution < 1.29 is 9.18 Å². The van der Waals surface area contributed by atoms with Crippen LogP contribution in [-0.4, -0.2) is 25.4 Å². The standard InChI is InChI=1S/C24H18FN5O/c1-15-28-29-24-23(26-14-16-7-10-19(25)11-8-16)27-20-12-9-18(13-21(20)30(15)24)22(31)17-5-3-2-4-6-17/h2-13H,14H2,1H3,(H,26,27). The Morgan fingerprint density at radius 2 is 1.74 bits per heavy atom. The van der Waals surface area contributed by atoms with E-state index in [2.05, 4.69) is 15.5 Å². The smallest absolute Gasteiger partial charge is 0.204 e. The zero-order valence-electron chi connectivity index (χ0n) is 16.7. The van der Waals surface area contributed by atoms with Crippen LogP contribution in [-0.2, 0) is 6.54 Å². The van der Waals surface area contributed by atoms with Crippen molar-refractivity contribution in [2.45, 2.75) is 13.5 Å². The third-order valence-corrected chi connectivity index (χ3v) is 5.16. The van der Waals surface area contributed by atoms with E-state index in [1.165, 1.54) is 12.1 Å². The molecule has 0 bridgehead atoms. The normalized spacial score (nSPS) is 11.2. The fourth-order valence-corrected chi connectivity index (χ4v) is 3.58. The van der Waals surface area contributed by atoms with Crippen molar-refractivity contribution in [3.05, 3.63) is 101 Å². The summed E-state index contributed by atoms with van der Waals surface area (Å²) in [6.07, 6.45) is 0. The van der Waals surface area contributed by atoms with Gasteiger partial charge < -0.3 is 5.32 Å². The minimum atomic E-state index is -0.274. The van der Waals surface area contributed by atoms with Crippen molar-refractivity contribution in [3.63, 3.8) is 0 Å². The first-order chi connectivity index (χ1) is 15.1. The molecule has 0 aliphatic carbocycles. The maximum absolute atomic E-state index is 13.2. The second-order valence-electron chi connectivity index (χ2n) is 7.25. The first-order valence-electron chi connectivity index (χ1n) is 9.84. The lowest BCUT2D eigenvalue weighted by atomic mass is 10.0. The fraction of sp³-hybridized carbons (Fsp3) is 0.0833. The van der Waals surface area contributed by atoms with E-state index in [-0.39, 0.29) is 11.6 Å². The molecule has 0 saturated heterocycles. The van der Waals surface area contributed by atoms with Crippen molar-refractivity contribution >= 4 is 28.3 Å². The molecule has 0 fully saturated rings. The molecule has 0 atom stereocenters. The molecule has 2 aromatic heterocycles. The highest BCUT2D eigenvalue weighted by atomic mass is 19.1. The zero-order valence-corrected chi connectivity index (χ0v) is 16.7. The average molecular weight is 411 g/mol. The van der Waals surface area contributed by atoms with Crippen molar-refractivity contribution in [3.8, 4) is 0 Å². The number of rotatable bonds is 5. The van der Waals surface area contributed by atoms with Gasteiger partial charge in [0, 0.05) is 17.7 Å². The summed E-state index contributed by atoms with van der Waals surface area (Å²) in [5, 5.41) is 11.7. The Balaban J connectivity index is 1.56. The molecule has 2 heterocycles. The molecular formula is C24H18FN5O. The van der Waals surface area contributed by atoms with Gasteiger partial charge in [-0.1, -0.05) is 42.5 Å². The molecule has 0 aliphatic rings. The van der Waals surface area contributed by atoms with Crippen LogP contribution in [0.1, 0.15) is 27.3 Å². The fourth-order valence-electron chi connectivity index (χ4n) is 3.58. The van der Waals surface area contributed by atoms with E-state index in [0.29, 0.717) is 40.5 Å². The number of carbonyl (C=O) groups excluding carboxylic acids is 1. The lowest BCUT2D eigenvalue weighted by Crippen LogP contribution is -2.07. The van der Waals surface area contributed by atoms with Crippen LogP contribution in [0.25, 0.3) is 16.7 Å². The van der Waals surface area contributed by atoms with Crippen LogP contribution in [0, 0.1) is 12.7 Å². The number of ketones is 1. The summed E-state index contributed by atoms with van der Waals surface area (Å²) < 4.78 is 15.0. The Labute approximate surface area is 177 Å². The molecule has 1 N–H and O–H groups in total. The molecular weight excluding hydrogens is 393 g/mol. The van der Waals surface area contributed by atoms with Gasteiger partial charge in [-0.3, -0.25) is 9.20 Å². The van der Waals surface area contributed by atoms with Gasteiger partial charge >= 0.3 is 0 Å². The molecule has 152 valence electrons. The van der Waals surface area contributed by atoms with Crippen LogP contribution in [0.5, 0.6) is 0 Å². The SMILES string of the molecule is Cc1nnc2c(NCc3ccc(F)cc3)nc3ccc(C(=O)c4ccccc4)cc3n12. The molecule has 0 radical (unpaired) electrons. The van der Waals surface area contributed by atoms with Gasteiger partial charge in [-0.15, -0.1) is 10.2 Å². The van der Waals surface area contributed by atoms with Crippen molar-refractivity contribution in [1.82, 2.24) is 19.6 Å². The number of anilines is 1. The Hall–Kier alpha value is -4.13. The Morgan fingerprint density at radius 1 is 0.968 bits per heavy atom. The third-order valence-electron chi connectivity index (χ3n) is 5.16. The number of benzene rings is 3. The number of hydrogen-bond acceptors (Lipinski definition) is 5. The second kappa shape index (κ2) is 7.60. The first-order valence-corrected chi connectivity index (χ1v) is 9.84. The summed E-state index contributed by atoms with van der Waals surface area (Å²) in [4.78, 5) is 17.6. The Morgan fingerprint density at radius 3 is 2.52 bits per heavy atom. The second-order valence-corrected chi connectivity index (χ2v) is 7.25. The van der Waals surface area contributed by atoms with E-state index in [9.17, 15) is 9.18 Å². The Bertz CT molecular complexity index is 1410. The number of carbonyl (C=O) groups is 1. The molecule has 5 rings (SSSR count). The lowest BCUT2D eigenvalue weighted by molar-refractivity contribution is 0.103. The molecule has 0 unspecified atom stereocenters. The van der Waals surface area contributed by atoms with Crippen LogP contribution >= 0.6 is 0 Å². The van der Waals surface area contributed by atoms with Gasteiger partial charge in [-0.2, -0.15) is 0 Å². The van der Waals surface area contributed by atoms with Crippen LogP contribution in [0.4, 0.5) is 10.2 Å². The maximum Gasteiger partial charge on any atom is 0.204 e. The van der Waals surface area contributed by atoms with E-state index >= 15 is 0 Å². The highest BCUT2D eigenvalue weighted by Gasteiger charge is 2.16. The third kappa shape index (κ3) is 3.50. The van der Waals surface area contributed by atoms with E-state index in [1.807, 2.05) is 41.7 Å². The van der Waals surface area contributed by atoms with E-state index < -0.39 is 0 Å². The number of fused-ring (bicyclic) bond motifs is 3. The lowest BCUT2D eigenvalue weighted by Gasteiger charge is -2.11. The van der Waals surface area contributed by atoms with Crippen molar-refractivity contribution in [2.24, 2.45) is 0 Å². The molecule has 3 aromatic carbocycles. The van der Waals surface area contributed by atoms with E-state index in [1.54, 1.807) is 30.3 Å². The number of aromatic nitrogens is 4. The summed E-state index contributed by atoms with van der Waals surface area (Å²) in [5.41, 5.74) is 4.15.